The molecule has 1 aromatic heterocycles. The van der Waals surface area contributed by atoms with Crippen LogP contribution in [0.15, 0.2) is 18.3 Å². The average Bonchev–Trinajstić information content (AvgIpc) is 2.98. The zero-order valence-electron chi connectivity index (χ0n) is 9.46. The summed E-state index contributed by atoms with van der Waals surface area (Å²) in [5.41, 5.74) is 8.09. The monoisotopic (exact) mass is 205 g/mol. The van der Waals surface area contributed by atoms with Crippen LogP contribution in [0.4, 0.5) is 0 Å². The van der Waals surface area contributed by atoms with Crippen molar-refractivity contribution in [2.45, 2.75) is 44.8 Å². The zero-order valence-corrected chi connectivity index (χ0v) is 9.46. The number of hydrogen-bond donors (Lipinski definition) is 2. The summed E-state index contributed by atoms with van der Waals surface area (Å²) >= 11 is 0. The molecule has 0 amide bonds. The third-order valence-corrected chi connectivity index (χ3v) is 2.87. The molecule has 1 heterocycles. The van der Waals surface area contributed by atoms with Crippen molar-refractivity contribution in [2.75, 3.05) is 0 Å². The molecule has 2 rings (SSSR count). The quantitative estimate of drug-likeness (QED) is 0.783. The lowest BCUT2D eigenvalue weighted by Gasteiger charge is -2.20. The van der Waals surface area contributed by atoms with E-state index < -0.39 is 0 Å². The van der Waals surface area contributed by atoms with E-state index in [9.17, 15) is 0 Å². The molecule has 1 aliphatic rings. The largest absolute Gasteiger partial charge is 0.326 e. The van der Waals surface area contributed by atoms with Gasteiger partial charge in [0.1, 0.15) is 0 Å². The van der Waals surface area contributed by atoms with Crippen LogP contribution in [-0.2, 0) is 12.1 Å². The van der Waals surface area contributed by atoms with Gasteiger partial charge >= 0.3 is 0 Å². The van der Waals surface area contributed by atoms with Gasteiger partial charge in [-0.1, -0.05) is 0 Å². The highest BCUT2D eigenvalue weighted by Crippen LogP contribution is 2.44. The zero-order chi connectivity index (χ0) is 10.9. The van der Waals surface area contributed by atoms with Crippen LogP contribution in [0.1, 0.15) is 37.9 Å². The van der Waals surface area contributed by atoms with Crippen LogP contribution >= 0.6 is 0 Å². The number of nitrogens with two attached hydrogens (primary N) is 1. The molecule has 82 valence electrons. The third kappa shape index (κ3) is 2.19. The molecule has 0 aromatic carbocycles. The lowest BCUT2D eigenvalue weighted by atomic mass is 10.1. The Bertz CT molecular complexity index is 342. The Morgan fingerprint density at radius 3 is 2.80 bits per heavy atom. The van der Waals surface area contributed by atoms with Gasteiger partial charge in [-0.15, -0.1) is 0 Å². The fraction of sp³-hybridized carbons (Fsp3) is 0.583. The lowest BCUT2D eigenvalue weighted by Crippen LogP contribution is -2.35. The first kappa shape index (κ1) is 10.6. The Hall–Kier alpha value is -0.930. The first-order valence-corrected chi connectivity index (χ1v) is 5.59. The smallest absolute Gasteiger partial charge is 0.0612 e. The second-order valence-electron chi connectivity index (χ2n) is 4.63. The maximum absolute atomic E-state index is 5.64. The molecule has 0 atom stereocenters. The van der Waals surface area contributed by atoms with E-state index in [1.165, 1.54) is 12.8 Å². The summed E-state index contributed by atoms with van der Waals surface area (Å²) in [6.45, 7) is 4.94. The molecule has 0 bridgehead atoms. The van der Waals surface area contributed by atoms with E-state index in [-0.39, 0.29) is 5.54 Å². The summed E-state index contributed by atoms with van der Waals surface area (Å²) in [6, 6.07) is 4.60. The normalized spacial score (nSPS) is 18.1. The van der Waals surface area contributed by atoms with E-state index in [1.54, 1.807) is 0 Å². The molecule has 1 fully saturated rings. The van der Waals surface area contributed by atoms with Gasteiger partial charge in [-0.3, -0.25) is 4.98 Å². The first-order valence-electron chi connectivity index (χ1n) is 5.59. The number of nitrogens with zero attached hydrogens (tertiary/aromatic N) is 1. The summed E-state index contributed by atoms with van der Waals surface area (Å²) < 4.78 is 0. The van der Waals surface area contributed by atoms with Crippen molar-refractivity contribution in [1.82, 2.24) is 10.3 Å². The maximum atomic E-state index is 5.64. The Labute approximate surface area is 91.1 Å². The summed E-state index contributed by atoms with van der Waals surface area (Å²) in [7, 11) is 0. The van der Waals surface area contributed by atoms with Crippen molar-refractivity contribution < 1.29 is 0 Å². The molecule has 0 unspecified atom stereocenters. The molecule has 0 saturated heterocycles. The SMILES string of the molecule is CC(C)NC1(c2cc(CN)ccn2)CC1. The van der Waals surface area contributed by atoms with E-state index in [4.69, 9.17) is 5.73 Å². The van der Waals surface area contributed by atoms with Crippen LogP contribution in [0, 0.1) is 0 Å². The van der Waals surface area contributed by atoms with E-state index in [1.807, 2.05) is 12.3 Å². The molecule has 1 aliphatic carbocycles. The van der Waals surface area contributed by atoms with E-state index >= 15 is 0 Å². The average molecular weight is 205 g/mol. The molecule has 0 aliphatic heterocycles. The van der Waals surface area contributed by atoms with Crippen molar-refractivity contribution >= 4 is 0 Å². The molecular formula is C12H19N3. The van der Waals surface area contributed by atoms with Gasteiger partial charge in [0.2, 0.25) is 0 Å². The highest BCUT2D eigenvalue weighted by Gasteiger charge is 2.45. The standard InChI is InChI=1S/C12H19N3/c1-9(2)15-12(4-5-12)11-7-10(8-13)3-6-14-11/h3,6-7,9,15H,4-5,8,13H2,1-2H3. The number of nitrogens with one attached hydrogen (secondary N) is 1. The van der Waals surface area contributed by atoms with Gasteiger partial charge in [0, 0.05) is 18.8 Å². The molecular weight excluding hydrogens is 186 g/mol. The topological polar surface area (TPSA) is 50.9 Å². The van der Waals surface area contributed by atoms with E-state index in [0.717, 1.165) is 11.3 Å². The molecule has 3 heteroatoms. The highest BCUT2D eigenvalue weighted by atomic mass is 15.1. The van der Waals surface area contributed by atoms with E-state index in [2.05, 4.69) is 30.2 Å². The number of aromatic nitrogens is 1. The summed E-state index contributed by atoms with van der Waals surface area (Å²) in [6.07, 6.45) is 4.23. The van der Waals surface area contributed by atoms with Crippen LogP contribution in [-0.4, -0.2) is 11.0 Å². The fourth-order valence-corrected chi connectivity index (χ4v) is 2.01. The second-order valence-corrected chi connectivity index (χ2v) is 4.63. The lowest BCUT2D eigenvalue weighted by molar-refractivity contribution is 0.452. The second kappa shape index (κ2) is 3.91. The number of pyridine rings is 1. The summed E-state index contributed by atoms with van der Waals surface area (Å²) in [5, 5.41) is 3.59. The third-order valence-electron chi connectivity index (χ3n) is 2.87. The van der Waals surface area contributed by atoms with Gasteiger partial charge in [0.05, 0.1) is 11.2 Å². The fourth-order valence-electron chi connectivity index (χ4n) is 2.01. The van der Waals surface area contributed by atoms with Gasteiger partial charge < -0.3 is 11.1 Å². The highest BCUT2D eigenvalue weighted by molar-refractivity contribution is 5.27. The molecule has 1 aromatic rings. The van der Waals surface area contributed by atoms with Crippen molar-refractivity contribution in [3.63, 3.8) is 0 Å². The molecule has 0 spiro atoms. The molecule has 0 radical (unpaired) electrons. The molecule has 1 saturated carbocycles. The van der Waals surface area contributed by atoms with Crippen LogP contribution in [0.2, 0.25) is 0 Å². The minimum absolute atomic E-state index is 0.138. The van der Waals surface area contributed by atoms with Crippen LogP contribution in [0.3, 0.4) is 0 Å². The number of rotatable bonds is 4. The van der Waals surface area contributed by atoms with Crippen LogP contribution < -0.4 is 11.1 Å². The predicted molar refractivity (Wildman–Crippen MR) is 61.3 cm³/mol. The van der Waals surface area contributed by atoms with Gasteiger partial charge in [-0.2, -0.15) is 0 Å². The van der Waals surface area contributed by atoms with Gasteiger partial charge in [0.15, 0.2) is 0 Å². The van der Waals surface area contributed by atoms with Crippen molar-refractivity contribution in [1.29, 1.82) is 0 Å². The Morgan fingerprint density at radius 2 is 2.27 bits per heavy atom. The maximum Gasteiger partial charge on any atom is 0.0612 e. The minimum Gasteiger partial charge on any atom is -0.326 e. The predicted octanol–water partition coefficient (Wildman–Crippen LogP) is 1.53. The van der Waals surface area contributed by atoms with Gasteiger partial charge in [-0.25, -0.2) is 0 Å². The Morgan fingerprint density at radius 1 is 1.53 bits per heavy atom. The van der Waals surface area contributed by atoms with Gasteiger partial charge in [-0.05, 0) is 44.4 Å². The molecule has 3 N–H and O–H groups in total. The minimum atomic E-state index is 0.138. The van der Waals surface area contributed by atoms with Gasteiger partial charge in [0.25, 0.3) is 0 Å². The van der Waals surface area contributed by atoms with Crippen molar-refractivity contribution in [3.8, 4) is 0 Å². The molecule has 3 nitrogen and oxygen atoms in total. The first-order chi connectivity index (χ1) is 7.16. The van der Waals surface area contributed by atoms with Crippen molar-refractivity contribution in [2.24, 2.45) is 5.73 Å². The van der Waals surface area contributed by atoms with Crippen LogP contribution in [0.5, 0.6) is 0 Å². The van der Waals surface area contributed by atoms with Crippen molar-refractivity contribution in [3.05, 3.63) is 29.6 Å². The van der Waals surface area contributed by atoms with Crippen LogP contribution in [0.25, 0.3) is 0 Å². The molecule has 15 heavy (non-hydrogen) atoms. The van der Waals surface area contributed by atoms with E-state index in [0.29, 0.717) is 12.6 Å². The summed E-state index contributed by atoms with van der Waals surface area (Å²) in [4.78, 5) is 4.46. The summed E-state index contributed by atoms with van der Waals surface area (Å²) in [5.74, 6) is 0. The number of hydrogen-bond acceptors (Lipinski definition) is 3. The Balaban J connectivity index is 2.21. The Kier molecular flexibility index (Phi) is 2.76.